The summed E-state index contributed by atoms with van der Waals surface area (Å²) in [5, 5.41) is 2.64. The molecule has 0 saturated heterocycles. The molecule has 84 valence electrons. The minimum absolute atomic E-state index is 0.598. The van der Waals surface area contributed by atoms with Crippen LogP contribution in [-0.4, -0.2) is 4.98 Å². The highest BCUT2D eigenvalue weighted by Crippen LogP contribution is 2.35. The molecule has 5 heteroatoms. The number of hydrogen-bond donors (Lipinski definition) is 1. The molecule has 0 saturated carbocycles. The van der Waals surface area contributed by atoms with Crippen LogP contribution in [0, 0.1) is 13.8 Å². The molecule has 1 heterocycles. The Morgan fingerprint density at radius 1 is 1.38 bits per heavy atom. The number of anilines is 1. The van der Waals surface area contributed by atoms with Crippen molar-refractivity contribution in [3.63, 3.8) is 0 Å². The molecule has 0 radical (unpaired) electrons. The van der Waals surface area contributed by atoms with Crippen molar-refractivity contribution in [3.05, 3.63) is 33.8 Å². The lowest BCUT2D eigenvalue weighted by Gasteiger charge is -2.06. The standard InChI is InChI=1S/C11H11ClN2S2/c1-6-3-9(13)8(12)4-10(6)16-11-14-7(2)5-15-11/h3-5H,13H2,1-2H3. The number of nitrogen functional groups attached to an aromatic ring is 1. The molecule has 1 aromatic heterocycles. The van der Waals surface area contributed by atoms with Crippen LogP contribution in [0.15, 0.2) is 26.7 Å². The van der Waals surface area contributed by atoms with E-state index in [9.17, 15) is 0 Å². The molecule has 16 heavy (non-hydrogen) atoms. The average molecular weight is 271 g/mol. The molecule has 1 aromatic carbocycles. The van der Waals surface area contributed by atoms with Crippen LogP contribution in [-0.2, 0) is 0 Å². The van der Waals surface area contributed by atoms with E-state index in [1.807, 2.05) is 31.4 Å². The summed E-state index contributed by atoms with van der Waals surface area (Å²) >= 11 is 9.27. The van der Waals surface area contributed by atoms with E-state index in [4.69, 9.17) is 17.3 Å². The Morgan fingerprint density at radius 3 is 2.75 bits per heavy atom. The number of benzene rings is 1. The Balaban J connectivity index is 2.31. The number of nitrogens with two attached hydrogens (primary N) is 1. The SMILES string of the molecule is Cc1csc(Sc2cc(Cl)c(N)cc2C)n1. The van der Waals surface area contributed by atoms with Crippen molar-refractivity contribution in [2.45, 2.75) is 23.1 Å². The Labute approximate surface area is 108 Å². The van der Waals surface area contributed by atoms with Crippen molar-refractivity contribution in [1.82, 2.24) is 4.98 Å². The van der Waals surface area contributed by atoms with E-state index in [1.54, 1.807) is 23.1 Å². The molecule has 2 N–H and O–H groups in total. The van der Waals surface area contributed by atoms with Gasteiger partial charge in [-0.15, -0.1) is 11.3 Å². The average Bonchev–Trinajstić information content (AvgIpc) is 2.60. The van der Waals surface area contributed by atoms with Crippen molar-refractivity contribution in [3.8, 4) is 0 Å². The molecule has 0 unspecified atom stereocenters. The molecule has 2 aromatic rings. The van der Waals surface area contributed by atoms with Gasteiger partial charge in [0, 0.05) is 16.0 Å². The molecule has 0 aliphatic carbocycles. The summed E-state index contributed by atoms with van der Waals surface area (Å²) in [5.74, 6) is 0. The smallest absolute Gasteiger partial charge is 0.154 e. The van der Waals surface area contributed by atoms with Crippen molar-refractivity contribution >= 4 is 40.4 Å². The van der Waals surface area contributed by atoms with Crippen LogP contribution in [0.4, 0.5) is 5.69 Å². The van der Waals surface area contributed by atoms with Gasteiger partial charge in [0.1, 0.15) is 0 Å². The second kappa shape index (κ2) is 4.65. The zero-order chi connectivity index (χ0) is 11.7. The molecule has 0 bridgehead atoms. The van der Waals surface area contributed by atoms with Gasteiger partial charge in [-0.3, -0.25) is 0 Å². The first-order valence-electron chi connectivity index (χ1n) is 4.72. The van der Waals surface area contributed by atoms with Crippen molar-refractivity contribution in [1.29, 1.82) is 0 Å². The van der Waals surface area contributed by atoms with Gasteiger partial charge in [-0.2, -0.15) is 0 Å². The summed E-state index contributed by atoms with van der Waals surface area (Å²) in [6.07, 6.45) is 0. The third-order valence-electron chi connectivity index (χ3n) is 2.09. The second-order valence-corrected chi connectivity index (χ2v) is 6.05. The van der Waals surface area contributed by atoms with Crippen LogP contribution < -0.4 is 5.73 Å². The summed E-state index contributed by atoms with van der Waals surface area (Å²) in [5.41, 5.74) is 8.53. The maximum absolute atomic E-state index is 6.00. The van der Waals surface area contributed by atoms with Crippen LogP contribution >= 0.6 is 34.7 Å². The summed E-state index contributed by atoms with van der Waals surface area (Å²) in [4.78, 5) is 5.51. The molecule has 0 spiro atoms. The molecule has 0 aliphatic heterocycles. The van der Waals surface area contributed by atoms with E-state index in [-0.39, 0.29) is 0 Å². The minimum atomic E-state index is 0.598. The molecule has 0 atom stereocenters. The number of aromatic nitrogens is 1. The Morgan fingerprint density at radius 2 is 2.12 bits per heavy atom. The number of thiazole rings is 1. The molecular formula is C11H11ClN2S2. The molecular weight excluding hydrogens is 260 g/mol. The van der Waals surface area contributed by atoms with Gasteiger partial charge in [0.2, 0.25) is 0 Å². The van der Waals surface area contributed by atoms with Gasteiger partial charge in [0.25, 0.3) is 0 Å². The largest absolute Gasteiger partial charge is 0.398 e. The minimum Gasteiger partial charge on any atom is -0.398 e. The number of rotatable bonds is 2. The van der Waals surface area contributed by atoms with Gasteiger partial charge in [-0.1, -0.05) is 23.4 Å². The monoisotopic (exact) mass is 270 g/mol. The highest BCUT2D eigenvalue weighted by molar-refractivity contribution is 8.01. The van der Waals surface area contributed by atoms with Gasteiger partial charge in [0.05, 0.1) is 10.7 Å². The number of halogens is 1. The number of nitrogens with zero attached hydrogens (tertiary/aromatic N) is 1. The number of hydrogen-bond acceptors (Lipinski definition) is 4. The molecule has 2 rings (SSSR count). The van der Waals surface area contributed by atoms with E-state index >= 15 is 0 Å². The van der Waals surface area contributed by atoms with Crippen molar-refractivity contribution < 1.29 is 0 Å². The molecule has 2 nitrogen and oxygen atoms in total. The molecule has 0 aliphatic rings. The molecule has 0 amide bonds. The maximum atomic E-state index is 6.00. The summed E-state index contributed by atoms with van der Waals surface area (Å²) in [7, 11) is 0. The molecule has 0 fully saturated rings. The topological polar surface area (TPSA) is 38.9 Å². The van der Waals surface area contributed by atoms with E-state index in [1.165, 1.54) is 0 Å². The van der Waals surface area contributed by atoms with Gasteiger partial charge >= 0.3 is 0 Å². The zero-order valence-corrected chi connectivity index (χ0v) is 11.3. The predicted octanol–water partition coefficient (Wildman–Crippen LogP) is 4.15. The number of aryl methyl sites for hydroxylation is 2. The second-order valence-electron chi connectivity index (χ2n) is 3.50. The first kappa shape index (κ1) is 11.8. The normalized spacial score (nSPS) is 10.7. The fourth-order valence-electron chi connectivity index (χ4n) is 1.27. The Hall–Kier alpha value is -0.710. The third-order valence-corrected chi connectivity index (χ3v) is 4.63. The summed E-state index contributed by atoms with van der Waals surface area (Å²) in [6.45, 7) is 4.01. The Kier molecular flexibility index (Phi) is 3.42. The highest BCUT2D eigenvalue weighted by Gasteiger charge is 2.07. The summed E-state index contributed by atoms with van der Waals surface area (Å²) in [6, 6.07) is 3.79. The zero-order valence-electron chi connectivity index (χ0n) is 8.95. The van der Waals surface area contributed by atoms with Crippen LogP contribution in [0.2, 0.25) is 5.02 Å². The van der Waals surface area contributed by atoms with Gasteiger partial charge in [-0.25, -0.2) is 4.98 Å². The van der Waals surface area contributed by atoms with Crippen molar-refractivity contribution in [2.75, 3.05) is 5.73 Å². The van der Waals surface area contributed by atoms with Crippen LogP contribution in [0.5, 0.6) is 0 Å². The van der Waals surface area contributed by atoms with Crippen LogP contribution in [0.3, 0.4) is 0 Å². The summed E-state index contributed by atoms with van der Waals surface area (Å²) < 4.78 is 1.03. The lowest BCUT2D eigenvalue weighted by molar-refractivity contribution is 1.15. The quantitative estimate of drug-likeness (QED) is 0.834. The maximum Gasteiger partial charge on any atom is 0.154 e. The third kappa shape index (κ3) is 2.51. The Bertz CT molecular complexity index is 523. The highest BCUT2D eigenvalue weighted by atomic mass is 35.5. The van der Waals surface area contributed by atoms with Gasteiger partial charge < -0.3 is 5.73 Å². The van der Waals surface area contributed by atoms with Crippen LogP contribution in [0.1, 0.15) is 11.3 Å². The van der Waals surface area contributed by atoms with E-state index in [0.29, 0.717) is 10.7 Å². The lowest BCUT2D eigenvalue weighted by Crippen LogP contribution is -1.89. The fourth-order valence-corrected chi connectivity index (χ4v) is 3.40. The van der Waals surface area contributed by atoms with Gasteiger partial charge in [0.15, 0.2) is 4.34 Å². The van der Waals surface area contributed by atoms with E-state index in [0.717, 1.165) is 20.5 Å². The van der Waals surface area contributed by atoms with E-state index in [2.05, 4.69) is 4.98 Å². The fraction of sp³-hybridized carbons (Fsp3) is 0.182. The van der Waals surface area contributed by atoms with E-state index < -0.39 is 0 Å². The van der Waals surface area contributed by atoms with Crippen LogP contribution in [0.25, 0.3) is 0 Å². The van der Waals surface area contributed by atoms with Gasteiger partial charge in [-0.05, 0) is 31.5 Å². The first-order valence-corrected chi connectivity index (χ1v) is 6.79. The van der Waals surface area contributed by atoms with Crippen molar-refractivity contribution in [2.24, 2.45) is 0 Å². The lowest BCUT2D eigenvalue weighted by atomic mass is 10.2. The first-order chi connectivity index (χ1) is 7.56. The predicted molar refractivity (Wildman–Crippen MR) is 71.6 cm³/mol.